The number of likely N-dealkylation sites (tertiary alicyclic amines) is 1. The molecule has 6 heteroatoms. The van der Waals surface area contributed by atoms with Crippen LogP contribution in [0.2, 0.25) is 5.02 Å². The fraction of sp³-hybridized carbons (Fsp3) is 0.412. The minimum Gasteiger partial charge on any atom is -0.357 e. The Kier molecular flexibility index (Phi) is 3.83. The summed E-state index contributed by atoms with van der Waals surface area (Å²) >= 11 is 6.13. The van der Waals surface area contributed by atoms with E-state index >= 15 is 0 Å². The van der Waals surface area contributed by atoms with Gasteiger partial charge in [-0.3, -0.25) is 10.00 Å². The highest BCUT2D eigenvalue weighted by Gasteiger charge is 2.24. The number of hydrogen-bond acceptors (Lipinski definition) is 3. The highest BCUT2D eigenvalue weighted by molar-refractivity contribution is 6.31. The molecule has 3 heterocycles. The molecule has 4 rings (SSSR count). The van der Waals surface area contributed by atoms with E-state index in [1.165, 1.54) is 29.5 Å². The third kappa shape index (κ3) is 2.86. The zero-order valence-electron chi connectivity index (χ0n) is 13.1. The van der Waals surface area contributed by atoms with Crippen LogP contribution in [-0.4, -0.2) is 38.2 Å². The van der Waals surface area contributed by atoms with Crippen LogP contribution in [-0.2, 0) is 6.54 Å². The first-order valence-electron chi connectivity index (χ1n) is 8.05. The molecule has 2 aromatic heterocycles. The number of piperidine rings is 1. The van der Waals surface area contributed by atoms with E-state index in [1.807, 2.05) is 12.1 Å². The fourth-order valence-electron chi connectivity index (χ4n) is 3.57. The Morgan fingerprint density at radius 3 is 3.13 bits per heavy atom. The van der Waals surface area contributed by atoms with Gasteiger partial charge in [-0.1, -0.05) is 11.6 Å². The molecule has 1 saturated heterocycles. The Morgan fingerprint density at radius 2 is 2.30 bits per heavy atom. The van der Waals surface area contributed by atoms with Crippen LogP contribution in [0.5, 0.6) is 0 Å². The maximum atomic E-state index is 6.13. The van der Waals surface area contributed by atoms with E-state index < -0.39 is 0 Å². The fourth-order valence-corrected chi connectivity index (χ4v) is 3.74. The number of benzene rings is 1. The van der Waals surface area contributed by atoms with Crippen LogP contribution >= 0.6 is 11.6 Å². The second kappa shape index (κ2) is 5.98. The molecule has 0 aliphatic carbocycles. The lowest BCUT2D eigenvalue weighted by atomic mass is 9.97. The summed E-state index contributed by atoms with van der Waals surface area (Å²) in [4.78, 5) is 10.4. The van der Waals surface area contributed by atoms with Gasteiger partial charge in [-0.25, -0.2) is 4.98 Å². The molecule has 0 amide bonds. The number of fused-ring (bicyclic) bond motifs is 1. The smallest absolute Gasteiger partial charge is 0.137 e. The predicted octanol–water partition coefficient (Wildman–Crippen LogP) is 3.63. The largest absolute Gasteiger partial charge is 0.357 e. The summed E-state index contributed by atoms with van der Waals surface area (Å²) in [5, 5.41) is 9.01. The average molecular weight is 330 g/mol. The maximum absolute atomic E-state index is 6.13. The lowest BCUT2D eigenvalue weighted by molar-refractivity contribution is 0.195. The van der Waals surface area contributed by atoms with Gasteiger partial charge < -0.3 is 4.98 Å². The van der Waals surface area contributed by atoms with E-state index in [9.17, 15) is 0 Å². The standard InChI is InChI=1S/C17H20ClN5/c1-11-14-7-13(18)4-5-15(14)21-16(11)9-23-6-2-3-12(8-23)17-19-10-20-22-17/h4-5,7,10,12,21H,2-3,6,8-9H2,1H3,(H,19,20,22)/t12-/m1/s1. The van der Waals surface area contributed by atoms with Crippen molar-refractivity contribution in [1.29, 1.82) is 0 Å². The van der Waals surface area contributed by atoms with Gasteiger partial charge in [0, 0.05) is 40.6 Å². The molecule has 0 radical (unpaired) electrons. The van der Waals surface area contributed by atoms with Gasteiger partial charge in [0.2, 0.25) is 0 Å². The number of hydrogen-bond donors (Lipinski definition) is 2. The summed E-state index contributed by atoms with van der Waals surface area (Å²) < 4.78 is 0. The van der Waals surface area contributed by atoms with Crippen LogP contribution in [0.4, 0.5) is 0 Å². The van der Waals surface area contributed by atoms with Gasteiger partial charge in [-0.15, -0.1) is 0 Å². The van der Waals surface area contributed by atoms with Crippen molar-refractivity contribution >= 4 is 22.5 Å². The minimum absolute atomic E-state index is 0.449. The number of nitrogens with one attached hydrogen (secondary N) is 2. The van der Waals surface area contributed by atoms with E-state index in [2.05, 4.69) is 38.1 Å². The zero-order chi connectivity index (χ0) is 15.8. The van der Waals surface area contributed by atoms with Crippen LogP contribution < -0.4 is 0 Å². The SMILES string of the molecule is Cc1c(CN2CCC[C@@H](c3ncn[nH]3)C2)[nH]c2ccc(Cl)cc12. The summed E-state index contributed by atoms with van der Waals surface area (Å²) in [6, 6.07) is 6.03. The van der Waals surface area contributed by atoms with Crippen molar-refractivity contribution in [3.63, 3.8) is 0 Å². The quantitative estimate of drug-likeness (QED) is 0.771. The molecule has 0 saturated carbocycles. The molecule has 1 aliphatic rings. The molecule has 5 nitrogen and oxygen atoms in total. The van der Waals surface area contributed by atoms with Crippen LogP contribution in [0.3, 0.4) is 0 Å². The highest BCUT2D eigenvalue weighted by atomic mass is 35.5. The number of nitrogens with zero attached hydrogens (tertiary/aromatic N) is 3. The molecule has 1 fully saturated rings. The molecule has 1 atom stereocenters. The first kappa shape index (κ1) is 14.7. The van der Waals surface area contributed by atoms with E-state index in [0.29, 0.717) is 5.92 Å². The summed E-state index contributed by atoms with van der Waals surface area (Å²) in [6.45, 7) is 5.25. The Balaban J connectivity index is 1.54. The van der Waals surface area contributed by atoms with Crippen molar-refractivity contribution in [3.8, 4) is 0 Å². The predicted molar refractivity (Wildman–Crippen MR) is 91.7 cm³/mol. The first-order valence-corrected chi connectivity index (χ1v) is 8.43. The maximum Gasteiger partial charge on any atom is 0.137 e. The van der Waals surface area contributed by atoms with Crippen LogP contribution in [0.25, 0.3) is 10.9 Å². The molecule has 120 valence electrons. The number of aromatic nitrogens is 4. The minimum atomic E-state index is 0.449. The third-order valence-corrected chi connectivity index (χ3v) is 5.07. The average Bonchev–Trinajstić information content (AvgIpc) is 3.18. The summed E-state index contributed by atoms with van der Waals surface area (Å²) in [6.07, 6.45) is 3.96. The number of aryl methyl sites for hydroxylation is 1. The normalized spacial score (nSPS) is 19.5. The molecule has 0 unspecified atom stereocenters. The second-order valence-electron chi connectivity index (χ2n) is 6.36. The molecule has 23 heavy (non-hydrogen) atoms. The van der Waals surface area contributed by atoms with Crippen molar-refractivity contribution in [2.75, 3.05) is 13.1 Å². The Hall–Kier alpha value is -1.85. The van der Waals surface area contributed by atoms with Gasteiger partial charge >= 0.3 is 0 Å². The van der Waals surface area contributed by atoms with Gasteiger partial charge in [0.1, 0.15) is 12.2 Å². The second-order valence-corrected chi connectivity index (χ2v) is 6.80. The van der Waals surface area contributed by atoms with Gasteiger partial charge in [0.25, 0.3) is 0 Å². The molecule has 1 aliphatic heterocycles. The van der Waals surface area contributed by atoms with E-state index in [-0.39, 0.29) is 0 Å². The van der Waals surface area contributed by atoms with Crippen LogP contribution in [0, 0.1) is 6.92 Å². The molecule has 3 aromatic rings. The molecule has 1 aromatic carbocycles. The molecular weight excluding hydrogens is 310 g/mol. The van der Waals surface area contributed by atoms with Crippen molar-refractivity contribution in [2.45, 2.75) is 32.2 Å². The van der Waals surface area contributed by atoms with E-state index in [0.717, 1.165) is 36.0 Å². The van der Waals surface area contributed by atoms with Crippen LogP contribution in [0.1, 0.15) is 35.8 Å². The van der Waals surface area contributed by atoms with E-state index in [4.69, 9.17) is 11.6 Å². The first-order chi connectivity index (χ1) is 11.2. The summed E-state index contributed by atoms with van der Waals surface area (Å²) in [7, 11) is 0. The summed E-state index contributed by atoms with van der Waals surface area (Å²) in [5.41, 5.74) is 3.73. The molecular formula is C17H20ClN5. The molecule has 0 bridgehead atoms. The Bertz CT molecular complexity index is 808. The lowest BCUT2D eigenvalue weighted by Gasteiger charge is -2.31. The van der Waals surface area contributed by atoms with Crippen LogP contribution in [0.15, 0.2) is 24.5 Å². The number of halogens is 1. The third-order valence-electron chi connectivity index (χ3n) is 4.83. The monoisotopic (exact) mass is 329 g/mol. The Morgan fingerprint density at radius 1 is 1.39 bits per heavy atom. The number of H-pyrrole nitrogens is 2. The van der Waals surface area contributed by atoms with Gasteiger partial charge in [0.15, 0.2) is 0 Å². The van der Waals surface area contributed by atoms with Gasteiger partial charge in [-0.05, 0) is 50.1 Å². The summed E-state index contributed by atoms with van der Waals surface area (Å²) in [5.74, 6) is 1.46. The van der Waals surface area contributed by atoms with E-state index in [1.54, 1.807) is 6.33 Å². The number of aromatic amines is 2. The lowest BCUT2D eigenvalue weighted by Crippen LogP contribution is -2.34. The van der Waals surface area contributed by atoms with Crippen molar-refractivity contribution < 1.29 is 0 Å². The zero-order valence-corrected chi connectivity index (χ0v) is 13.9. The van der Waals surface area contributed by atoms with Gasteiger partial charge in [-0.2, -0.15) is 5.10 Å². The highest BCUT2D eigenvalue weighted by Crippen LogP contribution is 2.28. The molecule has 0 spiro atoms. The van der Waals surface area contributed by atoms with Gasteiger partial charge in [0.05, 0.1) is 0 Å². The number of rotatable bonds is 3. The Labute approximate surface area is 140 Å². The van der Waals surface area contributed by atoms with Crippen molar-refractivity contribution in [2.24, 2.45) is 0 Å². The topological polar surface area (TPSA) is 60.6 Å². The van der Waals surface area contributed by atoms with Crippen molar-refractivity contribution in [3.05, 3.63) is 46.6 Å². The van der Waals surface area contributed by atoms with Crippen molar-refractivity contribution in [1.82, 2.24) is 25.1 Å². The molecule has 2 N–H and O–H groups in total.